The normalized spacial score (nSPS) is 11.3. The Morgan fingerprint density at radius 1 is 1.25 bits per heavy atom. The molecule has 16 heavy (non-hydrogen) atoms. The van der Waals surface area contributed by atoms with Crippen LogP contribution in [0.3, 0.4) is 0 Å². The monoisotopic (exact) mass is 239 g/mol. The van der Waals surface area contributed by atoms with Gasteiger partial charge in [-0.05, 0) is 24.3 Å². The van der Waals surface area contributed by atoms with Gasteiger partial charge >= 0.3 is 10.1 Å². The second kappa shape index (κ2) is 3.97. The topological polar surface area (TPSA) is 69.4 Å². The van der Waals surface area contributed by atoms with Crippen molar-refractivity contribution in [1.29, 1.82) is 0 Å². The van der Waals surface area contributed by atoms with E-state index in [0.717, 1.165) is 11.8 Å². The molecule has 2 aromatic rings. The van der Waals surface area contributed by atoms with Crippen LogP contribution >= 0.6 is 0 Å². The summed E-state index contributed by atoms with van der Waals surface area (Å²) in [6.07, 6.45) is 4.00. The van der Waals surface area contributed by atoms with Gasteiger partial charge in [0, 0.05) is 5.56 Å². The molecule has 0 spiro atoms. The lowest BCUT2D eigenvalue weighted by atomic mass is 10.2. The van der Waals surface area contributed by atoms with E-state index in [2.05, 4.69) is 4.98 Å². The predicted molar refractivity (Wildman–Crippen MR) is 57.4 cm³/mol. The molecule has 0 aliphatic carbocycles. The fourth-order valence-electron chi connectivity index (χ4n) is 1.19. The summed E-state index contributed by atoms with van der Waals surface area (Å²) in [5.41, 5.74) is 0.755. The largest absolute Gasteiger partial charge is 0.445 e. The molecule has 0 N–H and O–H groups in total. The molecule has 0 unspecified atom stereocenters. The maximum atomic E-state index is 10.9. The van der Waals surface area contributed by atoms with Crippen molar-refractivity contribution < 1.29 is 17.0 Å². The Bertz CT molecular complexity index is 557. The molecule has 6 heteroatoms. The van der Waals surface area contributed by atoms with Gasteiger partial charge in [0.25, 0.3) is 0 Å². The summed E-state index contributed by atoms with van der Waals surface area (Å²) in [4.78, 5) is 3.97. The Kier molecular flexibility index (Phi) is 2.66. The first-order valence-corrected chi connectivity index (χ1v) is 6.26. The van der Waals surface area contributed by atoms with Crippen molar-refractivity contribution in [2.45, 2.75) is 0 Å². The van der Waals surface area contributed by atoms with Gasteiger partial charge in [0.2, 0.25) is 5.89 Å². The molecule has 0 bridgehead atoms. The van der Waals surface area contributed by atoms with Crippen molar-refractivity contribution >= 4 is 10.1 Å². The molecule has 0 aliphatic heterocycles. The lowest BCUT2D eigenvalue weighted by Crippen LogP contribution is -2.05. The summed E-state index contributed by atoms with van der Waals surface area (Å²) in [6, 6.07) is 6.43. The van der Waals surface area contributed by atoms with Crippen LogP contribution in [0.1, 0.15) is 0 Å². The third-order valence-corrected chi connectivity index (χ3v) is 2.28. The van der Waals surface area contributed by atoms with Gasteiger partial charge in [0.15, 0.2) is 0 Å². The van der Waals surface area contributed by atoms with E-state index in [1.807, 2.05) is 0 Å². The molecule has 0 saturated heterocycles. The van der Waals surface area contributed by atoms with E-state index in [9.17, 15) is 8.42 Å². The van der Waals surface area contributed by atoms with Crippen molar-refractivity contribution in [1.82, 2.24) is 4.98 Å². The summed E-state index contributed by atoms with van der Waals surface area (Å²) in [5.74, 6) is 0.740. The van der Waals surface area contributed by atoms with E-state index in [1.165, 1.54) is 12.5 Å². The number of nitrogens with zero attached hydrogens (tertiary/aromatic N) is 1. The second-order valence-corrected chi connectivity index (χ2v) is 4.72. The summed E-state index contributed by atoms with van der Waals surface area (Å²) in [7, 11) is -3.48. The molecule has 2 rings (SSSR count). The minimum Gasteiger partial charge on any atom is -0.445 e. The maximum Gasteiger partial charge on any atom is 0.306 e. The summed E-state index contributed by atoms with van der Waals surface area (Å²) in [6.45, 7) is 0. The quantitative estimate of drug-likeness (QED) is 0.762. The number of rotatable bonds is 3. The highest BCUT2D eigenvalue weighted by Gasteiger charge is 2.06. The highest BCUT2D eigenvalue weighted by molar-refractivity contribution is 7.86. The van der Waals surface area contributed by atoms with Gasteiger partial charge in [-0.1, -0.05) is 0 Å². The first-order chi connectivity index (χ1) is 7.54. The molecule has 0 aliphatic rings. The molecule has 0 amide bonds. The predicted octanol–water partition coefficient (Wildman–Crippen LogP) is 1.68. The van der Waals surface area contributed by atoms with Crippen molar-refractivity contribution in [2.75, 3.05) is 6.26 Å². The van der Waals surface area contributed by atoms with Gasteiger partial charge in [0.05, 0.1) is 12.5 Å². The Morgan fingerprint density at radius 3 is 2.44 bits per heavy atom. The van der Waals surface area contributed by atoms with Gasteiger partial charge in [-0.3, -0.25) is 0 Å². The van der Waals surface area contributed by atoms with Gasteiger partial charge < -0.3 is 8.60 Å². The molecule has 0 atom stereocenters. The fourth-order valence-corrected chi connectivity index (χ4v) is 1.65. The average molecular weight is 239 g/mol. The van der Waals surface area contributed by atoms with Crippen LogP contribution in [0, 0.1) is 0 Å². The van der Waals surface area contributed by atoms with E-state index < -0.39 is 10.1 Å². The van der Waals surface area contributed by atoms with Crippen LogP contribution in [0.25, 0.3) is 11.5 Å². The van der Waals surface area contributed by atoms with Gasteiger partial charge in [0.1, 0.15) is 12.0 Å². The number of hydrogen-bond acceptors (Lipinski definition) is 5. The summed E-state index contributed by atoms with van der Waals surface area (Å²) >= 11 is 0. The zero-order valence-corrected chi connectivity index (χ0v) is 9.27. The van der Waals surface area contributed by atoms with Crippen molar-refractivity contribution in [2.24, 2.45) is 0 Å². The van der Waals surface area contributed by atoms with Gasteiger partial charge in [-0.15, -0.1) is 0 Å². The number of hydrogen-bond donors (Lipinski definition) is 0. The zero-order chi connectivity index (χ0) is 11.6. The SMILES string of the molecule is CS(=O)(=O)Oc1ccc(-c2ncco2)cc1. The van der Waals surface area contributed by atoms with E-state index in [4.69, 9.17) is 8.60 Å². The lowest BCUT2D eigenvalue weighted by Gasteiger charge is -2.02. The Morgan fingerprint density at radius 2 is 1.94 bits per heavy atom. The molecule has 0 radical (unpaired) electrons. The standard InChI is InChI=1S/C10H9NO4S/c1-16(12,13)15-9-4-2-8(3-5-9)10-11-6-7-14-10/h2-7H,1H3. The minimum atomic E-state index is -3.48. The Balaban J connectivity index is 2.24. The van der Waals surface area contributed by atoms with Crippen LogP contribution in [0.2, 0.25) is 0 Å². The fraction of sp³-hybridized carbons (Fsp3) is 0.100. The van der Waals surface area contributed by atoms with Gasteiger partial charge in [-0.25, -0.2) is 4.98 Å². The molecule has 1 heterocycles. The molecular formula is C10H9NO4S. The maximum absolute atomic E-state index is 10.9. The number of aromatic nitrogens is 1. The zero-order valence-electron chi connectivity index (χ0n) is 8.45. The van der Waals surface area contributed by atoms with Crippen LogP contribution in [-0.2, 0) is 10.1 Å². The van der Waals surface area contributed by atoms with Crippen molar-refractivity contribution in [3.63, 3.8) is 0 Å². The van der Waals surface area contributed by atoms with Crippen molar-refractivity contribution in [3.05, 3.63) is 36.7 Å². The first kappa shape index (κ1) is 10.7. The third kappa shape index (κ3) is 2.60. The van der Waals surface area contributed by atoms with E-state index in [0.29, 0.717) is 5.89 Å². The summed E-state index contributed by atoms with van der Waals surface area (Å²) in [5, 5.41) is 0. The molecular weight excluding hydrogens is 230 g/mol. The Labute approximate surface area is 92.8 Å². The van der Waals surface area contributed by atoms with Crippen LogP contribution in [0.5, 0.6) is 5.75 Å². The first-order valence-electron chi connectivity index (χ1n) is 4.44. The van der Waals surface area contributed by atoms with Crippen LogP contribution in [0.15, 0.2) is 41.1 Å². The lowest BCUT2D eigenvalue weighted by molar-refractivity contribution is 0.493. The molecule has 0 saturated carbocycles. The van der Waals surface area contributed by atoms with E-state index in [-0.39, 0.29) is 5.75 Å². The summed E-state index contributed by atoms with van der Waals surface area (Å²) < 4.78 is 31.5. The highest BCUT2D eigenvalue weighted by Crippen LogP contribution is 2.21. The number of benzene rings is 1. The van der Waals surface area contributed by atoms with E-state index in [1.54, 1.807) is 24.3 Å². The van der Waals surface area contributed by atoms with E-state index >= 15 is 0 Å². The van der Waals surface area contributed by atoms with Crippen LogP contribution in [-0.4, -0.2) is 19.7 Å². The molecule has 5 nitrogen and oxygen atoms in total. The Hall–Kier alpha value is -1.82. The van der Waals surface area contributed by atoms with Crippen molar-refractivity contribution in [3.8, 4) is 17.2 Å². The molecule has 1 aromatic carbocycles. The molecule has 84 valence electrons. The smallest absolute Gasteiger partial charge is 0.306 e. The highest BCUT2D eigenvalue weighted by atomic mass is 32.2. The number of oxazole rings is 1. The molecule has 0 fully saturated rings. The third-order valence-electron chi connectivity index (χ3n) is 1.78. The minimum absolute atomic E-state index is 0.262. The molecule has 1 aromatic heterocycles. The van der Waals surface area contributed by atoms with Crippen LogP contribution in [0.4, 0.5) is 0 Å². The second-order valence-electron chi connectivity index (χ2n) is 3.15. The van der Waals surface area contributed by atoms with Gasteiger partial charge in [-0.2, -0.15) is 8.42 Å². The average Bonchev–Trinajstić information content (AvgIpc) is 2.69. The van der Waals surface area contributed by atoms with Crippen LogP contribution < -0.4 is 4.18 Å².